The summed E-state index contributed by atoms with van der Waals surface area (Å²) in [5.41, 5.74) is 9.25. The van der Waals surface area contributed by atoms with Gasteiger partial charge in [0.2, 0.25) is 5.89 Å². The molecule has 2 aromatic heterocycles. The van der Waals surface area contributed by atoms with Gasteiger partial charge in [0.05, 0.1) is 16.8 Å². The van der Waals surface area contributed by atoms with Gasteiger partial charge in [0.1, 0.15) is 29.2 Å². The molecule has 1 fully saturated rings. The zero-order valence-electron chi connectivity index (χ0n) is 16.8. The maximum absolute atomic E-state index is 9.91. The van der Waals surface area contributed by atoms with Crippen molar-refractivity contribution < 1.29 is 4.42 Å². The van der Waals surface area contributed by atoms with Gasteiger partial charge in [0, 0.05) is 16.3 Å². The minimum Gasteiger partial charge on any atom is -0.444 e. The van der Waals surface area contributed by atoms with E-state index < -0.39 is 0 Å². The molecule has 1 aromatic carbocycles. The molecule has 0 amide bonds. The van der Waals surface area contributed by atoms with Gasteiger partial charge >= 0.3 is 0 Å². The van der Waals surface area contributed by atoms with Crippen LogP contribution < -0.4 is 5.73 Å². The number of benzene rings is 1. The molecule has 2 heterocycles. The number of thioether (sulfide) groups is 1. The molecule has 2 N–H and O–H groups in total. The lowest BCUT2D eigenvalue weighted by molar-refractivity contribution is 0.442. The number of nitriles is 2. The van der Waals surface area contributed by atoms with Crippen molar-refractivity contribution in [1.82, 2.24) is 9.97 Å². The van der Waals surface area contributed by atoms with Crippen LogP contribution in [0.2, 0.25) is 5.02 Å². The summed E-state index contributed by atoms with van der Waals surface area (Å²) < 4.78 is 5.59. The van der Waals surface area contributed by atoms with Crippen LogP contribution in [0.5, 0.6) is 0 Å². The minimum atomic E-state index is 0.172. The number of aromatic nitrogens is 2. The number of nitrogens with two attached hydrogens (primary N) is 1. The lowest BCUT2D eigenvalue weighted by Crippen LogP contribution is -2.13. The van der Waals surface area contributed by atoms with Crippen LogP contribution in [-0.2, 0) is 5.75 Å². The molecule has 0 unspecified atom stereocenters. The number of nitrogen functional groups attached to an aromatic ring is 1. The molecule has 0 radical (unpaired) electrons. The maximum atomic E-state index is 9.91. The molecule has 0 bridgehead atoms. The SMILES string of the molecule is N#Cc1c(N)nc(SCc2coc(-c3ccc(Cl)cc3)n2)c(C#N)c1C1CCCCC1. The van der Waals surface area contributed by atoms with Gasteiger partial charge in [-0.25, -0.2) is 9.97 Å². The standard InChI is InChI=1S/C23H20ClN5OS/c24-16-8-6-15(7-9-16)22-28-17(12-30-22)13-31-23-19(11-26)20(14-4-2-1-3-5-14)18(10-25)21(27)29-23/h6-9,12,14H,1-5,13H2,(H2,27,29). The van der Waals surface area contributed by atoms with Crippen LogP contribution in [0, 0.1) is 22.7 Å². The summed E-state index contributed by atoms with van der Waals surface area (Å²) in [6.07, 6.45) is 6.90. The number of rotatable bonds is 5. The Morgan fingerprint density at radius 2 is 1.77 bits per heavy atom. The normalized spacial score (nSPS) is 14.2. The average Bonchev–Trinajstić information content (AvgIpc) is 3.27. The van der Waals surface area contributed by atoms with Crippen LogP contribution >= 0.6 is 23.4 Å². The van der Waals surface area contributed by atoms with E-state index in [0.717, 1.165) is 42.5 Å². The first kappa shape index (κ1) is 21.2. The Labute approximate surface area is 190 Å². The van der Waals surface area contributed by atoms with E-state index >= 15 is 0 Å². The Morgan fingerprint density at radius 1 is 1.06 bits per heavy atom. The smallest absolute Gasteiger partial charge is 0.226 e. The molecular formula is C23H20ClN5OS. The number of nitrogens with zero attached hydrogens (tertiary/aromatic N) is 4. The van der Waals surface area contributed by atoms with Crippen molar-refractivity contribution in [3.8, 4) is 23.6 Å². The topological polar surface area (TPSA) is 113 Å². The zero-order valence-corrected chi connectivity index (χ0v) is 18.3. The van der Waals surface area contributed by atoms with Gasteiger partial charge in [-0.1, -0.05) is 42.6 Å². The maximum Gasteiger partial charge on any atom is 0.226 e. The van der Waals surface area contributed by atoms with Crippen molar-refractivity contribution in [2.24, 2.45) is 0 Å². The van der Waals surface area contributed by atoms with E-state index in [4.69, 9.17) is 21.8 Å². The zero-order chi connectivity index (χ0) is 21.8. The van der Waals surface area contributed by atoms with Gasteiger partial charge in [0.25, 0.3) is 0 Å². The molecular weight excluding hydrogens is 430 g/mol. The van der Waals surface area contributed by atoms with Crippen molar-refractivity contribution in [3.05, 3.63) is 57.9 Å². The minimum absolute atomic E-state index is 0.172. The molecule has 1 saturated carbocycles. The highest BCUT2D eigenvalue weighted by Crippen LogP contribution is 2.40. The Bertz CT molecular complexity index is 1170. The van der Waals surface area contributed by atoms with Crippen LogP contribution in [0.3, 0.4) is 0 Å². The number of oxazole rings is 1. The van der Waals surface area contributed by atoms with Crippen molar-refractivity contribution in [3.63, 3.8) is 0 Å². The number of pyridine rings is 1. The summed E-state index contributed by atoms with van der Waals surface area (Å²) >= 11 is 7.32. The second kappa shape index (κ2) is 9.43. The molecule has 6 nitrogen and oxygen atoms in total. The molecule has 0 atom stereocenters. The van der Waals surface area contributed by atoms with Crippen molar-refractivity contribution in [2.45, 2.75) is 48.8 Å². The number of halogens is 1. The van der Waals surface area contributed by atoms with E-state index in [1.54, 1.807) is 18.4 Å². The van der Waals surface area contributed by atoms with Crippen molar-refractivity contribution >= 4 is 29.2 Å². The van der Waals surface area contributed by atoms with Gasteiger partial charge in [-0.3, -0.25) is 0 Å². The second-order valence-corrected chi connectivity index (χ2v) is 8.86. The summed E-state index contributed by atoms with van der Waals surface area (Å²) in [5, 5.41) is 20.8. The Hall–Kier alpha value is -3.00. The fourth-order valence-electron chi connectivity index (χ4n) is 3.97. The van der Waals surface area contributed by atoms with Crippen molar-refractivity contribution in [2.75, 3.05) is 5.73 Å². The first-order chi connectivity index (χ1) is 15.1. The van der Waals surface area contributed by atoms with Crippen molar-refractivity contribution in [1.29, 1.82) is 10.5 Å². The third kappa shape index (κ3) is 4.54. The van der Waals surface area contributed by atoms with E-state index in [1.165, 1.54) is 18.2 Å². The highest BCUT2D eigenvalue weighted by molar-refractivity contribution is 7.98. The van der Waals surface area contributed by atoms with Crippen LogP contribution in [0.25, 0.3) is 11.5 Å². The summed E-state index contributed by atoms with van der Waals surface area (Å²) in [6.45, 7) is 0. The molecule has 0 saturated heterocycles. The predicted molar refractivity (Wildman–Crippen MR) is 120 cm³/mol. The van der Waals surface area contributed by atoms with Gasteiger partial charge < -0.3 is 10.2 Å². The quantitative estimate of drug-likeness (QED) is 0.471. The molecule has 8 heteroatoms. The summed E-state index contributed by atoms with van der Waals surface area (Å²) in [7, 11) is 0. The highest BCUT2D eigenvalue weighted by atomic mass is 35.5. The first-order valence-corrected chi connectivity index (χ1v) is 11.4. The monoisotopic (exact) mass is 449 g/mol. The third-order valence-corrected chi connectivity index (χ3v) is 6.73. The number of anilines is 1. The molecule has 1 aliphatic rings. The lowest BCUT2D eigenvalue weighted by Gasteiger charge is -2.25. The molecule has 31 heavy (non-hydrogen) atoms. The van der Waals surface area contributed by atoms with Crippen LogP contribution in [-0.4, -0.2) is 9.97 Å². The number of hydrogen-bond acceptors (Lipinski definition) is 7. The summed E-state index contributed by atoms with van der Waals surface area (Å²) in [5.74, 6) is 1.33. The summed E-state index contributed by atoms with van der Waals surface area (Å²) in [6, 6.07) is 11.7. The fraction of sp³-hybridized carbons (Fsp3) is 0.304. The molecule has 0 spiro atoms. The third-order valence-electron chi connectivity index (χ3n) is 5.47. The van der Waals surface area contributed by atoms with E-state index in [9.17, 15) is 10.5 Å². The van der Waals surface area contributed by atoms with Gasteiger partial charge in [0.15, 0.2) is 0 Å². The van der Waals surface area contributed by atoms with Gasteiger partial charge in [-0.05, 0) is 48.6 Å². The predicted octanol–water partition coefficient (Wildman–Crippen LogP) is 6.06. The Kier molecular flexibility index (Phi) is 6.46. The largest absolute Gasteiger partial charge is 0.444 e. The van der Waals surface area contributed by atoms with Crippen LogP contribution in [0.15, 0.2) is 40.0 Å². The first-order valence-electron chi connectivity index (χ1n) is 10.1. The van der Waals surface area contributed by atoms with Gasteiger partial charge in [-0.2, -0.15) is 10.5 Å². The van der Waals surface area contributed by atoms with Crippen LogP contribution in [0.1, 0.15) is 60.4 Å². The molecule has 4 rings (SSSR count). The van der Waals surface area contributed by atoms with E-state index in [2.05, 4.69) is 22.1 Å². The van der Waals surface area contributed by atoms with E-state index in [1.807, 2.05) is 12.1 Å². The molecule has 156 valence electrons. The Morgan fingerprint density at radius 3 is 2.45 bits per heavy atom. The second-order valence-electron chi connectivity index (χ2n) is 7.46. The molecule has 1 aliphatic carbocycles. The fourth-order valence-corrected chi connectivity index (χ4v) is 4.98. The lowest BCUT2D eigenvalue weighted by atomic mass is 9.80. The molecule has 0 aliphatic heterocycles. The molecule has 3 aromatic rings. The average molecular weight is 450 g/mol. The highest BCUT2D eigenvalue weighted by Gasteiger charge is 2.27. The van der Waals surface area contributed by atoms with E-state index in [0.29, 0.717) is 32.8 Å². The van der Waals surface area contributed by atoms with E-state index in [-0.39, 0.29) is 11.7 Å². The van der Waals surface area contributed by atoms with Gasteiger partial charge in [-0.15, -0.1) is 0 Å². The number of hydrogen-bond donors (Lipinski definition) is 1. The summed E-state index contributed by atoms with van der Waals surface area (Å²) in [4.78, 5) is 8.91. The van der Waals surface area contributed by atoms with Crippen LogP contribution in [0.4, 0.5) is 5.82 Å². The Balaban J connectivity index is 1.60.